The number of halogens is 1. The molecule has 26 heavy (non-hydrogen) atoms. The molecule has 0 aliphatic carbocycles. The number of carbonyl (C=O) groups is 1. The zero-order valence-electron chi connectivity index (χ0n) is 14.2. The largest absolute Gasteiger partial charge is 0.486 e. The third kappa shape index (κ3) is 3.49. The van der Waals surface area contributed by atoms with Gasteiger partial charge in [0.25, 0.3) is 0 Å². The number of nitrogens with zero attached hydrogens (tertiary/aromatic N) is 1. The van der Waals surface area contributed by atoms with Gasteiger partial charge in [0.1, 0.15) is 18.5 Å². The van der Waals surface area contributed by atoms with Crippen molar-refractivity contribution in [2.45, 2.75) is 19.1 Å². The Bertz CT molecular complexity index is 938. The van der Waals surface area contributed by atoms with Gasteiger partial charge in [-0.15, -0.1) is 0 Å². The van der Waals surface area contributed by atoms with Gasteiger partial charge in [-0.05, 0) is 41.8 Å². The van der Waals surface area contributed by atoms with E-state index in [-0.39, 0.29) is 17.8 Å². The molecule has 134 valence electrons. The molecule has 2 aromatic carbocycles. The third-order valence-electron chi connectivity index (χ3n) is 4.41. The molecular weight excluding hydrogens is 335 g/mol. The number of carbonyl (C=O) groups excluding carboxylic acids is 1. The van der Waals surface area contributed by atoms with Crippen LogP contribution in [0.3, 0.4) is 0 Å². The zero-order valence-corrected chi connectivity index (χ0v) is 14.2. The van der Waals surface area contributed by atoms with E-state index < -0.39 is 0 Å². The topological polar surface area (TPSA) is 52.5 Å². The molecule has 1 N–H and O–H groups in total. The number of nitrogens with one attached hydrogen (secondary N) is 1. The molecule has 5 nitrogen and oxygen atoms in total. The molecular formula is C20H19FN2O3. The van der Waals surface area contributed by atoms with Gasteiger partial charge >= 0.3 is 0 Å². The molecule has 1 aliphatic rings. The number of ether oxygens (including phenoxy) is 2. The van der Waals surface area contributed by atoms with Gasteiger partial charge in [0, 0.05) is 19.2 Å². The predicted molar refractivity (Wildman–Crippen MR) is 95.9 cm³/mol. The number of para-hydroxylation sites is 2. The first-order chi connectivity index (χ1) is 12.7. The van der Waals surface area contributed by atoms with E-state index >= 15 is 0 Å². The van der Waals surface area contributed by atoms with Crippen LogP contribution in [0.5, 0.6) is 11.5 Å². The van der Waals surface area contributed by atoms with Gasteiger partial charge in [0.2, 0.25) is 5.91 Å². The molecule has 0 spiro atoms. The lowest BCUT2D eigenvalue weighted by molar-refractivity contribution is -0.121. The van der Waals surface area contributed by atoms with E-state index in [1.807, 2.05) is 41.1 Å². The normalized spacial score (nSPS) is 15.8. The lowest BCUT2D eigenvalue weighted by Gasteiger charge is -2.26. The highest BCUT2D eigenvalue weighted by Gasteiger charge is 2.20. The lowest BCUT2D eigenvalue weighted by Crippen LogP contribution is -2.40. The van der Waals surface area contributed by atoms with Crippen molar-refractivity contribution >= 4 is 16.8 Å². The van der Waals surface area contributed by atoms with Crippen molar-refractivity contribution in [1.29, 1.82) is 0 Å². The second-order valence-corrected chi connectivity index (χ2v) is 6.26. The highest BCUT2D eigenvalue weighted by atomic mass is 19.1. The summed E-state index contributed by atoms with van der Waals surface area (Å²) in [7, 11) is 0. The molecule has 2 heterocycles. The number of benzene rings is 2. The van der Waals surface area contributed by atoms with Crippen LogP contribution in [0.25, 0.3) is 10.9 Å². The summed E-state index contributed by atoms with van der Waals surface area (Å²) in [5, 5.41) is 3.83. The van der Waals surface area contributed by atoms with Crippen molar-refractivity contribution in [2.24, 2.45) is 0 Å². The predicted octanol–water partition coefficient (Wildman–Crippen LogP) is 3.13. The summed E-state index contributed by atoms with van der Waals surface area (Å²) in [5.74, 6) is 1.06. The quantitative estimate of drug-likeness (QED) is 0.766. The van der Waals surface area contributed by atoms with Gasteiger partial charge in [-0.25, -0.2) is 4.39 Å². The van der Waals surface area contributed by atoms with E-state index in [2.05, 4.69) is 5.32 Å². The van der Waals surface area contributed by atoms with Gasteiger partial charge in [-0.3, -0.25) is 4.79 Å². The first-order valence-corrected chi connectivity index (χ1v) is 8.58. The van der Waals surface area contributed by atoms with Crippen molar-refractivity contribution < 1.29 is 18.7 Å². The van der Waals surface area contributed by atoms with Crippen LogP contribution in [0.15, 0.2) is 54.7 Å². The van der Waals surface area contributed by atoms with Gasteiger partial charge in [0.15, 0.2) is 11.5 Å². The minimum atomic E-state index is -0.281. The summed E-state index contributed by atoms with van der Waals surface area (Å²) in [6, 6.07) is 14.0. The molecule has 1 amide bonds. The Labute approximate surface area is 150 Å². The van der Waals surface area contributed by atoms with Gasteiger partial charge in [-0.1, -0.05) is 12.1 Å². The number of amides is 1. The van der Waals surface area contributed by atoms with Crippen LogP contribution >= 0.6 is 0 Å². The van der Waals surface area contributed by atoms with Crippen LogP contribution < -0.4 is 14.8 Å². The Kier molecular flexibility index (Phi) is 4.48. The fraction of sp³-hybridized carbons (Fsp3) is 0.250. The number of rotatable bonds is 5. The molecule has 0 radical (unpaired) electrons. The van der Waals surface area contributed by atoms with Crippen molar-refractivity contribution in [2.75, 3.05) is 13.2 Å². The van der Waals surface area contributed by atoms with Crippen LogP contribution in [0.2, 0.25) is 0 Å². The Morgan fingerprint density at radius 3 is 2.92 bits per heavy atom. The van der Waals surface area contributed by atoms with Gasteiger partial charge < -0.3 is 19.4 Å². The second kappa shape index (κ2) is 7.07. The molecule has 3 aromatic rings. The molecule has 0 bridgehead atoms. The summed E-state index contributed by atoms with van der Waals surface area (Å²) in [6.45, 7) is 1.27. The SMILES string of the molecule is O=C(CCn1ccc2ccc(F)cc21)NCC1COc2ccccc2O1. The molecule has 6 heteroatoms. The van der Waals surface area contributed by atoms with Gasteiger partial charge in [0.05, 0.1) is 12.1 Å². The van der Waals surface area contributed by atoms with E-state index in [0.29, 0.717) is 31.9 Å². The Morgan fingerprint density at radius 1 is 1.19 bits per heavy atom. The summed E-state index contributed by atoms with van der Waals surface area (Å²) in [5.41, 5.74) is 0.790. The highest BCUT2D eigenvalue weighted by Crippen LogP contribution is 2.30. The number of aromatic nitrogens is 1. The number of fused-ring (bicyclic) bond motifs is 2. The third-order valence-corrected chi connectivity index (χ3v) is 4.41. The van der Waals surface area contributed by atoms with Crippen molar-refractivity contribution in [3.8, 4) is 11.5 Å². The Hall–Kier alpha value is -3.02. The fourth-order valence-electron chi connectivity index (χ4n) is 3.05. The van der Waals surface area contributed by atoms with Crippen LogP contribution in [-0.4, -0.2) is 29.7 Å². The maximum atomic E-state index is 13.4. The maximum Gasteiger partial charge on any atom is 0.221 e. The molecule has 1 atom stereocenters. The lowest BCUT2D eigenvalue weighted by atomic mass is 10.2. The van der Waals surface area contributed by atoms with Crippen molar-refractivity contribution in [3.63, 3.8) is 0 Å². The summed E-state index contributed by atoms with van der Waals surface area (Å²) >= 11 is 0. The van der Waals surface area contributed by atoms with Crippen LogP contribution in [-0.2, 0) is 11.3 Å². The maximum absolute atomic E-state index is 13.4. The van der Waals surface area contributed by atoms with Crippen LogP contribution in [0, 0.1) is 5.82 Å². The zero-order chi connectivity index (χ0) is 17.9. The summed E-state index contributed by atoms with van der Waals surface area (Å²) in [4.78, 5) is 12.1. The molecule has 0 fully saturated rings. The minimum Gasteiger partial charge on any atom is -0.486 e. The molecule has 0 saturated carbocycles. The minimum absolute atomic E-state index is 0.0780. The average molecular weight is 354 g/mol. The molecule has 0 saturated heterocycles. The highest BCUT2D eigenvalue weighted by molar-refractivity contribution is 5.80. The Balaban J connectivity index is 1.29. The van der Waals surface area contributed by atoms with E-state index in [4.69, 9.17) is 9.47 Å². The summed E-state index contributed by atoms with van der Waals surface area (Å²) < 4.78 is 26.7. The first-order valence-electron chi connectivity index (χ1n) is 8.58. The number of hydrogen-bond donors (Lipinski definition) is 1. The molecule has 4 rings (SSSR count). The standard InChI is InChI=1S/C20H19FN2O3/c21-15-6-5-14-7-9-23(17(14)11-15)10-8-20(24)22-12-16-13-25-18-3-1-2-4-19(18)26-16/h1-7,9,11,16H,8,10,12-13H2,(H,22,24). The van der Waals surface area contributed by atoms with E-state index in [1.54, 1.807) is 6.07 Å². The smallest absolute Gasteiger partial charge is 0.221 e. The molecule has 1 aromatic heterocycles. The van der Waals surface area contributed by atoms with E-state index in [9.17, 15) is 9.18 Å². The van der Waals surface area contributed by atoms with E-state index in [0.717, 1.165) is 16.7 Å². The van der Waals surface area contributed by atoms with Crippen molar-refractivity contribution in [3.05, 3.63) is 60.5 Å². The first kappa shape index (κ1) is 16.4. The second-order valence-electron chi connectivity index (χ2n) is 6.26. The Morgan fingerprint density at radius 2 is 2.04 bits per heavy atom. The number of hydrogen-bond acceptors (Lipinski definition) is 3. The average Bonchev–Trinajstić information content (AvgIpc) is 3.06. The van der Waals surface area contributed by atoms with E-state index in [1.165, 1.54) is 12.1 Å². The monoisotopic (exact) mass is 354 g/mol. The molecule has 1 unspecified atom stereocenters. The van der Waals surface area contributed by atoms with Crippen LogP contribution in [0.1, 0.15) is 6.42 Å². The summed E-state index contributed by atoms with van der Waals surface area (Å²) in [6.07, 6.45) is 1.96. The number of aryl methyl sites for hydroxylation is 1. The van der Waals surface area contributed by atoms with Crippen LogP contribution in [0.4, 0.5) is 4.39 Å². The molecule has 1 aliphatic heterocycles. The fourth-order valence-corrected chi connectivity index (χ4v) is 3.05. The van der Waals surface area contributed by atoms with Gasteiger partial charge in [-0.2, -0.15) is 0 Å². The van der Waals surface area contributed by atoms with Crippen molar-refractivity contribution in [1.82, 2.24) is 9.88 Å².